The van der Waals surface area contributed by atoms with Gasteiger partial charge in [0.05, 0.1) is 29.8 Å². The van der Waals surface area contributed by atoms with Crippen molar-refractivity contribution in [1.82, 2.24) is 14.9 Å². The van der Waals surface area contributed by atoms with Crippen molar-refractivity contribution in [2.75, 3.05) is 26.8 Å². The lowest BCUT2D eigenvalue weighted by molar-refractivity contribution is 0.0531. The highest BCUT2D eigenvalue weighted by Crippen LogP contribution is 2.34. The van der Waals surface area contributed by atoms with Crippen LogP contribution in [0.15, 0.2) is 60.9 Å². The van der Waals surface area contributed by atoms with Crippen LogP contribution in [0.2, 0.25) is 0 Å². The lowest BCUT2D eigenvalue weighted by Gasteiger charge is -2.23. The third kappa shape index (κ3) is 4.00. The number of pyridine rings is 1. The molecule has 1 aliphatic heterocycles. The van der Waals surface area contributed by atoms with Crippen LogP contribution in [0, 0.1) is 11.3 Å². The van der Waals surface area contributed by atoms with E-state index in [0.29, 0.717) is 36.6 Å². The lowest BCUT2D eigenvalue weighted by atomic mass is 10.00. The predicted molar refractivity (Wildman–Crippen MR) is 130 cm³/mol. The standard InChI is InChI=1S/C27H24N4O3/c1-17(33-2)16-31-8-9-34-25-12-19(6-7-22(25)27(31)32)21-11-23-24(15-30-26(23)29-14-21)20-5-3-4-18(10-20)13-28/h3-7,10-12,14-15,17H,8-9,16H2,1-2H3,(H,29,30). The third-order valence-electron chi connectivity index (χ3n) is 6.16. The molecule has 5 rings (SSSR count). The maximum Gasteiger partial charge on any atom is 0.257 e. The summed E-state index contributed by atoms with van der Waals surface area (Å²) in [4.78, 5) is 22.7. The second kappa shape index (κ2) is 9.00. The van der Waals surface area contributed by atoms with Gasteiger partial charge in [-0.2, -0.15) is 5.26 Å². The number of hydrogen-bond donors (Lipinski definition) is 1. The van der Waals surface area contributed by atoms with E-state index in [-0.39, 0.29) is 12.0 Å². The Bertz CT molecular complexity index is 1420. The number of aromatic nitrogens is 2. The number of rotatable bonds is 5. The molecule has 4 aromatic rings. The van der Waals surface area contributed by atoms with Gasteiger partial charge in [0.25, 0.3) is 5.91 Å². The van der Waals surface area contributed by atoms with E-state index in [1.807, 2.05) is 49.5 Å². The molecule has 2 aromatic heterocycles. The zero-order valence-corrected chi connectivity index (χ0v) is 19.0. The summed E-state index contributed by atoms with van der Waals surface area (Å²) in [6.07, 6.45) is 3.67. The minimum Gasteiger partial charge on any atom is -0.491 e. The average molecular weight is 453 g/mol. The summed E-state index contributed by atoms with van der Waals surface area (Å²) in [5, 5.41) is 10.2. The fraction of sp³-hybridized carbons (Fsp3) is 0.222. The number of H-pyrrole nitrogens is 1. The van der Waals surface area contributed by atoms with Gasteiger partial charge in [-0.25, -0.2) is 4.98 Å². The summed E-state index contributed by atoms with van der Waals surface area (Å²) in [7, 11) is 1.64. The zero-order valence-electron chi connectivity index (χ0n) is 19.0. The molecule has 7 nitrogen and oxygen atoms in total. The number of nitrogens with one attached hydrogen (secondary N) is 1. The molecule has 3 heterocycles. The molecule has 0 aliphatic carbocycles. The van der Waals surface area contributed by atoms with Crippen LogP contribution in [0.25, 0.3) is 33.3 Å². The number of ether oxygens (including phenoxy) is 2. The van der Waals surface area contributed by atoms with Gasteiger partial charge < -0.3 is 19.4 Å². The Morgan fingerprint density at radius 1 is 1.18 bits per heavy atom. The molecule has 1 atom stereocenters. The highest BCUT2D eigenvalue weighted by Gasteiger charge is 2.25. The summed E-state index contributed by atoms with van der Waals surface area (Å²) in [5.74, 6) is 0.521. The Morgan fingerprint density at radius 3 is 2.88 bits per heavy atom. The largest absolute Gasteiger partial charge is 0.491 e. The molecule has 34 heavy (non-hydrogen) atoms. The maximum atomic E-state index is 13.1. The molecule has 0 bridgehead atoms. The number of fused-ring (bicyclic) bond motifs is 2. The van der Waals surface area contributed by atoms with E-state index < -0.39 is 0 Å². The van der Waals surface area contributed by atoms with Crippen molar-refractivity contribution < 1.29 is 14.3 Å². The summed E-state index contributed by atoms with van der Waals surface area (Å²) < 4.78 is 11.3. The summed E-state index contributed by atoms with van der Waals surface area (Å²) in [6, 6.07) is 17.4. The quantitative estimate of drug-likeness (QED) is 0.476. The smallest absolute Gasteiger partial charge is 0.257 e. The number of nitriles is 1. The van der Waals surface area contributed by atoms with Crippen molar-refractivity contribution in [2.45, 2.75) is 13.0 Å². The lowest BCUT2D eigenvalue weighted by Crippen LogP contribution is -2.38. The van der Waals surface area contributed by atoms with Crippen LogP contribution in [-0.4, -0.2) is 53.7 Å². The van der Waals surface area contributed by atoms with E-state index in [1.165, 1.54) is 0 Å². The first kappa shape index (κ1) is 21.7. The average Bonchev–Trinajstić information content (AvgIpc) is 3.24. The van der Waals surface area contributed by atoms with E-state index in [9.17, 15) is 10.1 Å². The molecular weight excluding hydrogens is 428 g/mol. The van der Waals surface area contributed by atoms with Crippen LogP contribution in [0.4, 0.5) is 0 Å². The molecule has 0 saturated heterocycles. The summed E-state index contributed by atoms with van der Waals surface area (Å²) >= 11 is 0. The van der Waals surface area contributed by atoms with Crippen molar-refractivity contribution in [1.29, 1.82) is 5.26 Å². The van der Waals surface area contributed by atoms with Gasteiger partial charge in [-0.15, -0.1) is 0 Å². The third-order valence-corrected chi connectivity index (χ3v) is 6.16. The monoisotopic (exact) mass is 452 g/mol. The second-order valence-corrected chi connectivity index (χ2v) is 8.37. The fourth-order valence-electron chi connectivity index (χ4n) is 4.25. The molecule has 0 fully saturated rings. The molecule has 0 saturated carbocycles. The maximum absolute atomic E-state index is 13.1. The number of carbonyl (C=O) groups excluding carboxylic acids is 1. The van der Waals surface area contributed by atoms with Crippen LogP contribution in [-0.2, 0) is 4.74 Å². The minimum absolute atomic E-state index is 0.0491. The number of amides is 1. The Kier molecular flexibility index (Phi) is 5.74. The highest BCUT2D eigenvalue weighted by molar-refractivity contribution is 5.99. The van der Waals surface area contributed by atoms with Gasteiger partial charge >= 0.3 is 0 Å². The molecule has 7 heteroatoms. The number of nitrogens with zero attached hydrogens (tertiary/aromatic N) is 3. The molecule has 1 N–H and O–H groups in total. The van der Waals surface area contributed by atoms with Crippen LogP contribution in [0.3, 0.4) is 0 Å². The number of carbonyl (C=O) groups is 1. The van der Waals surface area contributed by atoms with Gasteiger partial charge in [0.15, 0.2) is 0 Å². The topological polar surface area (TPSA) is 91.2 Å². The van der Waals surface area contributed by atoms with Gasteiger partial charge in [0.2, 0.25) is 0 Å². The first-order valence-electron chi connectivity index (χ1n) is 11.1. The fourth-order valence-corrected chi connectivity index (χ4v) is 4.25. The van der Waals surface area contributed by atoms with Crippen LogP contribution < -0.4 is 4.74 Å². The van der Waals surface area contributed by atoms with Gasteiger partial charge in [0.1, 0.15) is 18.0 Å². The first-order chi connectivity index (χ1) is 16.6. The molecule has 1 unspecified atom stereocenters. The number of benzene rings is 2. The minimum atomic E-state index is -0.0539. The van der Waals surface area contributed by atoms with Crippen LogP contribution >= 0.6 is 0 Å². The van der Waals surface area contributed by atoms with Crippen LogP contribution in [0.1, 0.15) is 22.8 Å². The van der Waals surface area contributed by atoms with Gasteiger partial charge in [0, 0.05) is 42.6 Å². The molecule has 2 aromatic carbocycles. The van der Waals surface area contributed by atoms with E-state index in [0.717, 1.165) is 33.3 Å². The normalized spacial score (nSPS) is 14.3. The molecule has 1 aliphatic rings. The van der Waals surface area contributed by atoms with E-state index in [1.54, 1.807) is 24.3 Å². The molecule has 0 radical (unpaired) electrons. The predicted octanol–water partition coefficient (Wildman–Crippen LogP) is 4.64. The van der Waals surface area contributed by atoms with E-state index in [4.69, 9.17) is 9.47 Å². The Hall–Kier alpha value is -4.15. The van der Waals surface area contributed by atoms with E-state index >= 15 is 0 Å². The number of hydrogen-bond acceptors (Lipinski definition) is 5. The molecule has 0 spiro atoms. The Balaban J connectivity index is 1.51. The summed E-state index contributed by atoms with van der Waals surface area (Å²) in [6.45, 7) is 3.40. The summed E-state index contributed by atoms with van der Waals surface area (Å²) in [5.41, 5.74) is 5.68. The first-order valence-corrected chi connectivity index (χ1v) is 11.1. The zero-order chi connectivity index (χ0) is 23.7. The SMILES string of the molecule is COC(C)CN1CCOc2cc(-c3cnc4[nH]cc(-c5cccc(C#N)c5)c4c3)ccc2C1=O. The molecule has 1 amide bonds. The van der Waals surface area contributed by atoms with Crippen LogP contribution in [0.5, 0.6) is 5.75 Å². The number of aromatic amines is 1. The van der Waals surface area contributed by atoms with Crippen molar-refractivity contribution in [2.24, 2.45) is 0 Å². The highest BCUT2D eigenvalue weighted by atomic mass is 16.5. The number of methoxy groups -OCH3 is 1. The van der Waals surface area contributed by atoms with Crippen molar-refractivity contribution in [3.8, 4) is 34.1 Å². The molecular formula is C27H24N4O3. The molecule has 170 valence electrons. The van der Waals surface area contributed by atoms with Crippen molar-refractivity contribution in [3.05, 3.63) is 72.1 Å². The van der Waals surface area contributed by atoms with Gasteiger partial charge in [-0.3, -0.25) is 4.79 Å². The Labute approximate surface area is 197 Å². The Morgan fingerprint density at radius 2 is 2.06 bits per heavy atom. The second-order valence-electron chi connectivity index (χ2n) is 8.37. The van der Waals surface area contributed by atoms with Crippen molar-refractivity contribution in [3.63, 3.8) is 0 Å². The van der Waals surface area contributed by atoms with Gasteiger partial charge in [-0.1, -0.05) is 18.2 Å². The van der Waals surface area contributed by atoms with Gasteiger partial charge in [-0.05, 0) is 48.4 Å². The van der Waals surface area contributed by atoms with E-state index in [2.05, 4.69) is 22.1 Å². The van der Waals surface area contributed by atoms with Crippen molar-refractivity contribution >= 4 is 16.9 Å².